The van der Waals surface area contributed by atoms with Crippen molar-refractivity contribution < 1.29 is 4.79 Å². The van der Waals surface area contributed by atoms with Gasteiger partial charge in [0.05, 0.1) is 6.54 Å². The molecule has 0 radical (unpaired) electrons. The number of anilines is 1. The van der Waals surface area contributed by atoms with E-state index in [1.165, 1.54) is 0 Å². The molecule has 0 aliphatic carbocycles. The molecule has 0 atom stereocenters. The number of nitrogens with one attached hydrogen (secondary N) is 1. The van der Waals surface area contributed by atoms with Gasteiger partial charge in [0.15, 0.2) is 0 Å². The first-order valence-corrected chi connectivity index (χ1v) is 4.67. The van der Waals surface area contributed by atoms with Gasteiger partial charge in [-0.2, -0.15) is 0 Å². The smallest absolute Gasteiger partial charge is 0.236 e. The number of rotatable bonds is 3. The molecule has 0 saturated heterocycles. The van der Waals surface area contributed by atoms with Gasteiger partial charge in [-0.25, -0.2) is 0 Å². The zero-order valence-corrected chi connectivity index (χ0v) is 8.89. The first-order chi connectivity index (χ1) is 6.09. The van der Waals surface area contributed by atoms with Crippen LogP contribution < -0.4 is 11.1 Å². The molecule has 4 heteroatoms. The Bertz CT molecular complexity index is 325. The van der Waals surface area contributed by atoms with E-state index in [1.54, 1.807) is 0 Å². The second-order valence-electron chi connectivity index (χ2n) is 2.78. The fraction of sp³-hybridized carbons (Fsp3) is 0.222. The van der Waals surface area contributed by atoms with Gasteiger partial charge in [-0.15, -0.1) is 0 Å². The molecule has 0 unspecified atom stereocenters. The average Bonchev–Trinajstić information content (AvgIpc) is 2.07. The third-order valence-corrected chi connectivity index (χ3v) is 2.51. The van der Waals surface area contributed by atoms with Gasteiger partial charge in [-0.3, -0.25) is 4.79 Å². The van der Waals surface area contributed by atoms with Crippen LogP contribution in [0.4, 0.5) is 5.69 Å². The van der Waals surface area contributed by atoms with E-state index in [0.29, 0.717) is 0 Å². The Balaban J connectivity index is 2.68. The predicted molar refractivity (Wildman–Crippen MR) is 56.6 cm³/mol. The number of hydrogen-bond donors (Lipinski definition) is 2. The third kappa shape index (κ3) is 3.06. The van der Waals surface area contributed by atoms with Crippen molar-refractivity contribution in [3.8, 4) is 0 Å². The molecule has 0 aliphatic heterocycles. The Morgan fingerprint density at radius 1 is 1.62 bits per heavy atom. The number of benzene rings is 1. The maximum absolute atomic E-state index is 10.5. The second kappa shape index (κ2) is 4.28. The van der Waals surface area contributed by atoms with E-state index < -0.39 is 0 Å². The summed E-state index contributed by atoms with van der Waals surface area (Å²) in [5, 5.41) is 2.92. The van der Waals surface area contributed by atoms with Crippen molar-refractivity contribution in [2.75, 3.05) is 11.9 Å². The van der Waals surface area contributed by atoms with Crippen molar-refractivity contribution in [1.82, 2.24) is 0 Å². The Labute approximate surface area is 85.4 Å². The lowest BCUT2D eigenvalue weighted by Crippen LogP contribution is -2.21. The summed E-state index contributed by atoms with van der Waals surface area (Å²) in [5.74, 6) is -0.361. The van der Waals surface area contributed by atoms with Gasteiger partial charge in [0.2, 0.25) is 5.91 Å². The fourth-order valence-electron chi connectivity index (χ4n) is 0.944. The van der Waals surface area contributed by atoms with Gasteiger partial charge in [0, 0.05) is 10.2 Å². The van der Waals surface area contributed by atoms with Crippen LogP contribution in [0.15, 0.2) is 22.7 Å². The lowest BCUT2D eigenvalue weighted by atomic mass is 10.2. The Kier molecular flexibility index (Phi) is 3.31. The van der Waals surface area contributed by atoms with Crippen LogP contribution in [0.25, 0.3) is 0 Å². The maximum Gasteiger partial charge on any atom is 0.236 e. The van der Waals surface area contributed by atoms with E-state index in [4.69, 9.17) is 5.73 Å². The number of primary amides is 1. The molecular weight excluding hydrogens is 232 g/mol. The molecule has 1 aromatic carbocycles. The molecular formula is C9H11BrN2O. The normalized spacial score (nSPS) is 9.69. The van der Waals surface area contributed by atoms with Crippen molar-refractivity contribution in [3.63, 3.8) is 0 Å². The molecule has 0 aliphatic rings. The molecule has 0 heterocycles. The Morgan fingerprint density at radius 2 is 2.31 bits per heavy atom. The quantitative estimate of drug-likeness (QED) is 0.848. The predicted octanol–water partition coefficient (Wildman–Crippen LogP) is 1.65. The van der Waals surface area contributed by atoms with Gasteiger partial charge in [-0.1, -0.05) is 15.9 Å². The van der Waals surface area contributed by atoms with E-state index in [0.717, 1.165) is 15.7 Å². The van der Waals surface area contributed by atoms with Crippen LogP contribution >= 0.6 is 15.9 Å². The summed E-state index contributed by atoms with van der Waals surface area (Å²) >= 11 is 3.39. The summed E-state index contributed by atoms with van der Waals surface area (Å²) in [5.41, 5.74) is 7.02. The minimum atomic E-state index is -0.361. The van der Waals surface area contributed by atoms with Crippen molar-refractivity contribution in [2.24, 2.45) is 5.73 Å². The molecule has 70 valence electrons. The van der Waals surface area contributed by atoms with Gasteiger partial charge >= 0.3 is 0 Å². The SMILES string of the molecule is Cc1cc(NCC(N)=O)ccc1Br. The highest BCUT2D eigenvalue weighted by Crippen LogP contribution is 2.19. The second-order valence-corrected chi connectivity index (χ2v) is 3.64. The maximum atomic E-state index is 10.5. The number of halogens is 1. The average molecular weight is 243 g/mol. The van der Waals surface area contributed by atoms with E-state index >= 15 is 0 Å². The number of aryl methyl sites for hydroxylation is 1. The molecule has 1 rings (SSSR count). The standard InChI is InChI=1S/C9H11BrN2O/c1-6-4-7(2-3-8(6)10)12-5-9(11)13/h2-4,12H,5H2,1H3,(H2,11,13). The van der Waals surface area contributed by atoms with Gasteiger partial charge in [0.25, 0.3) is 0 Å². The number of carbonyl (C=O) groups excluding carboxylic acids is 1. The summed E-state index contributed by atoms with van der Waals surface area (Å²) in [6.45, 7) is 2.15. The highest BCUT2D eigenvalue weighted by Gasteiger charge is 1.97. The van der Waals surface area contributed by atoms with Gasteiger partial charge in [-0.05, 0) is 30.7 Å². The van der Waals surface area contributed by atoms with Crippen LogP contribution in [0.2, 0.25) is 0 Å². The molecule has 0 spiro atoms. The molecule has 0 fully saturated rings. The first-order valence-electron chi connectivity index (χ1n) is 3.88. The summed E-state index contributed by atoms with van der Waals surface area (Å²) in [7, 11) is 0. The van der Waals surface area contributed by atoms with Crippen LogP contribution in [-0.2, 0) is 4.79 Å². The Morgan fingerprint density at radius 3 is 2.85 bits per heavy atom. The first kappa shape index (κ1) is 10.1. The van der Waals surface area contributed by atoms with Crippen molar-refractivity contribution >= 4 is 27.5 Å². The number of carbonyl (C=O) groups is 1. The van der Waals surface area contributed by atoms with E-state index in [2.05, 4.69) is 21.2 Å². The van der Waals surface area contributed by atoms with Crippen LogP contribution in [0.3, 0.4) is 0 Å². The van der Waals surface area contributed by atoms with Crippen LogP contribution in [0, 0.1) is 6.92 Å². The number of amides is 1. The van der Waals surface area contributed by atoms with E-state index in [1.807, 2.05) is 25.1 Å². The summed E-state index contributed by atoms with van der Waals surface area (Å²) in [6.07, 6.45) is 0. The van der Waals surface area contributed by atoms with E-state index in [9.17, 15) is 4.79 Å². The molecule has 1 amide bonds. The minimum Gasteiger partial charge on any atom is -0.376 e. The molecule has 3 N–H and O–H groups in total. The number of nitrogens with two attached hydrogens (primary N) is 1. The lowest BCUT2D eigenvalue weighted by Gasteiger charge is -2.05. The molecule has 0 bridgehead atoms. The fourth-order valence-corrected chi connectivity index (χ4v) is 1.19. The molecule has 0 saturated carbocycles. The zero-order chi connectivity index (χ0) is 9.84. The van der Waals surface area contributed by atoms with Crippen molar-refractivity contribution in [1.29, 1.82) is 0 Å². The molecule has 3 nitrogen and oxygen atoms in total. The highest BCUT2D eigenvalue weighted by molar-refractivity contribution is 9.10. The monoisotopic (exact) mass is 242 g/mol. The van der Waals surface area contributed by atoms with Crippen molar-refractivity contribution in [3.05, 3.63) is 28.2 Å². The Hall–Kier alpha value is -1.03. The van der Waals surface area contributed by atoms with Crippen molar-refractivity contribution in [2.45, 2.75) is 6.92 Å². The third-order valence-electron chi connectivity index (χ3n) is 1.62. The number of hydrogen-bond acceptors (Lipinski definition) is 2. The van der Waals surface area contributed by atoms with Crippen LogP contribution in [0.1, 0.15) is 5.56 Å². The topological polar surface area (TPSA) is 55.1 Å². The zero-order valence-electron chi connectivity index (χ0n) is 7.30. The summed E-state index contributed by atoms with van der Waals surface area (Å²) < 4.78 is 1.05. The highest BCUT2D eigenvalue weighted by atomic mass is 79.9. The summed E-state index contributed by atoms with van der Waals surface area (Å²) in [4.78, 5) is 10.5. The molecule has 13 heavy (non-hydrogen) atoms. The summed E-state index contributed by atoms with van der Waals surface area (Å²) in [6, 6.07) is 5.77. The molecule has 0 aromatic heterocycles. The molecule has 1 aromatic rings. The largest absolute Gasteiger partial charge is 0.376 e. The van der Waals surface area contributed by atoms with Crippen LogP contribution in [0.5, 0.6) is 0 Å². The van der Waals surface area contributed by atoms with Gasteiger partial charge in [0.1, 0.15) is 0 Å². The van der Waals surface area contributed by atoms with E-state index in [-0.39, 0.29) is 12.5 Å². The lowest BCUT2D eigenvalue weighted by molar-refractivity contribution is -0.116. The van der Waals surface area contributed by atoms with Gasteiger partial charge < -0.3 is 11.1 Å². The van der Waals surface area contributed by atoms with Crippen LogP contribution in [-0.4, -0.2) is 12.5 Å². The minimum absolute atomic E-state index is 0.168.